The zero-order chi connectivity index (χ0) is 23.0. The molecular weight excluding hydrogens is 435 g/mol. The van der Waals surface area contributed by atoms with Crippen LogP contribution in [0.2, 0.25) is 0 Å². The number of rotatable bonds is 3. The summed E-state index contributed by atoms with van der Waals surface area (Å²) in [7, 11) is 0. The van der Waals surface area contributed by atoms with Crippen LogP contribution in [0.25, 0.3) is 0 Å². The van der Waals surface area contributed by atoms with Crippen LogP contribution in [0.5, 0.6) is 0 Å². The number of hydrogen-bond acceptors (Lipinski definition) is 0. The molecule has 0 aliphatic carbocycles. The van der Waals surface area contributed by atoms with E-state index in [4.69, 9.17) is 0 Å². The van der Waals surface area contributed by atoms with E-state index >= 15 is 0 Å². The Morgan fingerprint density at radius 3 is 0.710 bits per heavy atom. The van der Waals surface area contributed by atoms with Gasteiger partial charge in [0.05, 0.1) is 0 Å². The van der Waals surface area contributed by atoms with Crippen molar-refractivity contribution in [2.45, 2.75) is 78.6 Å². The molecular formula is C30H39As. The third-order valence-corrected chi connectivity index (χ3v) is 11.1. The van der Waals surface area contributed by atoms with Crippen molar-refractivity contribution in [1.29, 1.82) is 0 Å². The summed E-state index contributed by atoms with van der Waals surface area (Å²) in [5, 5.41) is 0. The molecule has 0 N–H and O–H groups in total. The van der Waals surface area contributed by atoms with E-state index in [1.54, 1.807) is 0 Å². The summed E-state index contributed by atoms with van der Waals surface area (Å²) in [5.41, 5.74) is 4.74. The monoisotopic (exact) mass is 474 g/mol. The van der Waals surface area contributed by atoms with Gasteiger partial charge in [-0.2, -0.15) is 0 Å². The van der Waals surface area contributed by atoms with Gasteiger partial charge in [-0.05, 0) is 0 Å². The van der Waals surface area contributed by atoms with Gasteiger partial charge in [0.1, 0.15) is 0 Å². The molecule has 0 radical (unpaired) electrons. The zero-order valence-corrected chi connectivity index (χ0v) is 22.8. The zero-order valence-electron chi connectivity index (χ0n) is 20.9. The quantitative estimate of drug-likeness (QED) is 0.403. The van der Waals surface area contributed by atoms with Crippen molar-refractivity contribution in [3.63, 3.8) is 0 Å². The fraction of sp³-hybridized carbons (Fsp3) is 0.400. The van der Waals surface area contributed by atoms with Gasteiger partial charge in [0, 0.05) is 0 Å². The predicted octanol–water partition coefficient (Wildman–Crippen LogP) is 6.10. The summed E-state index contributed by atoms with van der Waals surface area (Å²) < 4.78 is 4.48. The summed E-state index contributed by atoms with van der Waals surface area (Å²) in [6, 6.07) is 28.3. The summed E-state index contributed by atoms with van der Waals surface area (Å²) in [6.07, 6.45) is 0. The third kappa shape index (κ3) is 5.72. The normalized spacial score (nSPS) is 13.0. The molecule has 0 atom stereocenters. The molecule has 0 fully saturated rings. The molecule has 31 heavy (non-hydrogen) atoms. The second-order valence-electron chi connectivity index (χ2n) is 11.7. The average Bonchev–Trinajstić information content (AvgIpc) is 2.67. The summed E-state index contributed by atoms with van der Waals surface area (Å²) >= 11 is -1.62. The molecule has 0 aliphatic heterocycles. The summed E-state index contributed by atoms with van der Waals surface area (Å²) in [6.45, 7) is 20.6. The first kappa shape index (κ1) is 23.9. The Labute approximate surface area is 195 Å². The second-order valence-corrected chi connectivity index (χ2v) is 16.4. The van der Waals surface area contributed by atoms with Crippen molar-refractivity contribution >= 4 is 27.7 Å². The standard InChI is InChI=1S/C30H39As/c1-28(2,3)22-10-16-25(17-11-22)31(26-18-12-23(13-19-26)29(4,5)6)27-20-14-24(15-21-27)30(7,8)9/h10-21H,1-9H3. The first-order valence-electron chi connectivity index (χ1n) is 11.4. The Hall–Kier alpha value is -1.78. The third-order valence-electron chi connectivity index (χ3n) is 5.97. The van der Waals surface area contributed by atoms with Crippen molar-refractivity contribution in [1.82, 2.24) is 0 Å². The summed E-state index contributed by atoms with van der Waals surface area (Å²) in [4.78, 5) is 0. The van der Waals surface area contributed by atoms with Gasteiger partial charge in [-0.15, -0.1) is 0 Å². The first-order valence-corrected chi connectivity index (χ1v) is 14.2. The van der Waals surface area contributed by atoms with Crippen LogP contribution >= 0.6 is 0 Å². The maximum absolute atomic E-state index is 2.38. The van der Waals surface area contributed by atoms with Gasteiger partial charge in [-0.1, -0.05) is 0 Å². The Kier molecular flexibility index (Phi) is 6.65. The van der Waals surface area contributed by atoms with Crippen molar-refractivity contribution in [2.24, 2.45) is 0 Å². The molecule has 3 aromatic carbocycles. The molecule has 0 amide bonds. The van der Waals surface area contributed by atoms with E-state index in [1.165, 1.54) is 29.7 Å². The molecule has 0 spiro atoms. The van der Waals surface area contributed by atoms with E-state index < -0.39 is 14.7 Å². The van der Waals surface area contributed by atoms with Gasteiger partial charge in [-0.25, -0.2) is 0 Å². The van der Waals surface area contributed by atoms with Gasteiger partial charge in [0.2, 0.25) is 0 Å². The van der Waals surface area contributed by atoms with Crippen molar-refractivity contribution in [2.75, 3.05) is 0 Å². The summed E-state index contributed by atoms with van der Waals surface area (Å²) in [5.74, 6) is 0. The van der Waals surface area contributed by atoms with Gasteiger partial charge in [0.15, 0.2) is 0 Å². The molecule has 0 saturated carbocycles. The first-order chi connectivity index (χ1) is 14.3. The maximum atomic E-state index is 2.38. The topological polar surface area (TPSA) is 0 Å². The molecule has 0 unspecified atom stereocenters. The van der Waals surface area contributed by atoms with Crippen LogP contribution in [0.1, 0.15) is 79.0 Å². The van der Waals surface area contributed by atoms with Crippen LogP contribution in [-0.4, -0.2) is 14.7 Å². The van der Waals surface area contributed by atoms with Crippen LogP contribution in [0.15, 0.2) is 72.8 Å². The Bertz CT molecular complexity index is 850. The molecule has 0 bridgehead atoms. The predicted molar refractivity (Wildman–Crippen MR) is 140 cm³/mol. The Balaban J connectivity index is 2.08. The van der Waals surface area contributed by atoms with Crippen LogP contribution in [0.3, 0.4) is 0 Å². The SMILES string of the molecule is CC(C)(C)c1ccc([As](c2ccc(C(C)(C)C)cc2)c2ccc(C(C)(C)C)cc2)cc1. The molecule has 3 rings (SSSR count). The van der Waals surface area contributed by atoms with Gasteiger partial charge >= 0.3 is 196 Å². The van der Waals surface area contributed by atoms with E-state index in [9.17, 15) is 0 Å². The fourth-order valence-corrected chi connectivity index (χ4v) is 8.47. The van der Waals surface area contributed by atoms with E-state index in [0.29, 0.717) is 0 Å². The van der Waals surface area contributed by atoms with Gasteiger partial charge in [-0.3, -0.25) is 0 Å². The van der Waals surface area contributed by atoms with Crippen LogP contribution in [0, 0.1) is 0 Å². The Morgan fingerprint density at radius 1 is 0.355 bits per heavy atom. The van der Waals surface area contributed by atoms with E-state index in [-0.39, 0.29) is 16.2 Å². The molecule has 0 nitrogen and oxygen atoms in total. The Morgan fingerprint density at radius 2 is 0.548 bits per heavy atom. The van der Waals surface area contributed by atoms with Gasteiger partial charge < -0.3 is 0 Å². The van der Waals surface area contributed by atoms with Crippen LogP contribution in [-0.2, 0) is 16.2 Å². The number of benzene rings is 3. The van der Waals surface area contributed by atoms with Crippen LogP contribution in [0.4, 0.5) is 0 Å². The van der Waals surface area contributed by atoms with Crippen LogP contribution < -0.4 is 13.1 Å². The molecule has 0 heterocycles. The van der Waals surface area contributed by atoms with E-state index in [1.807, 2.05) is 0 Å². The fourth-order valence-electron chi connectivity index (χ4n) is 3.78. The molecule has 0 saturated heterocycles. The molecule has 1 heteroatoms. The minimum atomic E-state index is -1.62. The van der Waals surface area contributed by atoms with Crippen molar-refractivity contribution < 1.29 is 0 Å². The molecule has 0 aliphatic rings. The molecule has 3 aromatic rings. The van der Waals surface area contributed by atoms with E-state index in [2.05, 4.69) is 135 Å². The molecule has 0 aromatic heterocycles. The van der Waals surface area contributed by atoms with E-state index in [0.717, 1.165) is 0 Å². The number of hydrogen-bond donors (Lipinski definition) is 0. The average molecular weight is 475 g/mol. The van der Waals surface area contributed by atoms with Crippen molar-refractivity contribution in [3.8, 4) is 0 Å². The molecule has 164 valence electrons. The van der Waals surface area contributed by atoms with Gasteiger partial charge in [0.25, 0.3) is 0 Å². The van der Waals surface area contributed by atoms with Crippen molar-refractivity contribution in [3.05, 3.63) is 89.5 Å². The second kappa shape index (κ2) is 8.63. The minimum absolute atomic E-state index is 0.180.